The molecule has 2 N–H and O–H groups in total. The SMILES string of the molecule is COc1cccc(C2(CN)COC2)c1. The molecule has 14 heavy (non-hydrogen) atoms. The van der Waals surface area contributed by atoms with Crippen LogP contribution in [0.15, 0.2) is 24.3 Å². The van der Waals surface area contributed by atoms with E-state index in [1.165, 1.54) is 5.56 Å². The summed E-state index contributed by atoms with van der Waals surface area (Å²) >= 11 is 0. The second kappa shape index (κ2) is 3.59. The van der Waals surface area contributed by atoms with Gasteiger partial charge in [0.15, 0.2) is 0 Å². The van der Waals surface area contributed by atoms with Crippen molar-refractivity contribution >= 4 is 0 Å². The molecule has 0 atom stereocenters. The van der Waals surface area contributed by atoms with Gasteiger partial charge in [-0.15, -0.1) is 0 Å². The van der Waals surface area contributed by atoms with E-state index in [9.17, 15) is 0 Å². The lowest BCUT2D eigenvalue weighted by molar-refractivity contribution is -0.0550. The van der Waals surface area contributed by atoms with E-state index in [1.54, 1.807) is 7.11 Å². The molecule has 1 fully saturated rings. The van der Waals surface area contributed by atoms with Gasteiger partial charge in [-0.1, -0.05) is 12.1 Å². The van der Waals surface area contributed by atoms with E-state index in [4.69, 9.17) is 15.2 Å². The summed E-state index contributed by atoms with van der Waals surface area (Å²) in [5.74, 6) is 0.877. The fraction of sp³-hybridized carbons (Fsp3) is 0.455. The molecular formula is C11H15NO2. The summed E-state index contributed by atoms with van der Waals surface area (Å²) in [6.45, 7) is 2.06. The Bertz CT molecular complexity index is 315. The van der Waals surface area contributed by atoms with Gasteiger partial charge in [0.1, 0.15) is 5.75 Å². The maximum Gasteiger partial charge on any atom is 0.119 e. The molecule has 1 aromatic rings. The summed E-state index contributed by atoms with van der Waals surface area (Å²) in [6.07, 6.45) is 0. The molecule has 1 aliphatic heterocycles. The van der Waals surface area contributed by atoms with Crippen LogP contribution in [0.2, 0.25) is 0 Å². The van der Waals surface area contributed by atoms with Crippen molar-refractivity contribution in [2.24, 2.45) is 5.73 Å². The third-order valence-electron chi connectivity index (χ3n) is 2.83. The van der Waals surface area contributed by atoms with Crippen LogP contribution in [-0.4, -0.2) is 26.9 Å². The van der Waals surface area contributed by atoms with E-state index in [0.717, 1.165) is 19.0 Å². The number of nitrogens with two attached hydrogens (primary N) is 1. The zero-order valence-corrected chi connectivity index (χ0v) is 8.32. The highest BCUT2D eigenvalue weighted by atomic mass is 16.5. The monoisotopic (exact) mass is 193 g/mol. The molecule has 0 spiro atoms. The summed E-state index contributed by atoms with van der Waals surface area (Å²) in [7, 11) is 1.67. The Morgan fingerprint density at radius 3 is 2.79 bits per heavy atom. The first kappa shape index (κ1) is 9.49. The number of rotatable bonds is 3. The molecule has 1 aliphatic rings. The van der Waals surface area contributed by atoms with Crippen molar-refractivity contribution in [3.63, 3.8) is 0 Å². The maximum atomic E-state index is 5.77. The second-order valence-electron chi connectivity index (χ2n) is 3.71. The van der Waals surface area contributed by atoms with Gasteiger partial charge in [-0.05, 0) is 17.7 Å². The average Bonchev–Trinajstić information content (AvgIpc) is 2.18. The fourth-order valence-electron chi connectivity index (χ4n) is 1.70. The molecule has 2 rings (SSSR count). The van der Waals surface area contributed by atoms with Crippen LogP contribution in [0.1, 0.15) is 5.56 Å². The molecule has 0 unspecified atom stereocenters. The maximum absolute atomic E-state index is 5.77. The van der Waals surface area contributed by atoms with Gasteiger partial charge in [0.25, 0.3) is 0 Å². The van der Waals surface area contributed by atoms with Crippen molar-refractivity contribution in [3.05, 3.63) is 29.8 Å². The Kier molecular flexibility index (Phi) is 2.44. The van der Waals surface area contributed by atoms with Gasteiger partial charge >= 0.3 is 0 Å². The van der Waals surface area contributed by atoms with Crippen LogP contribution in [0.5, 0.6) is 5.75 Å². The first-order valence-corrected chi connectivity index (χ1v) is 4.73. The lowest BCUT2D eigenvalue weighted by Gasteiger charge is -2.41. The molecule has 0 amide bonds. The Hall–Kier alpha value is -1.06. The summed E-state index contributed by atoms with van der Waals surface area (Å²) in [5.41, 5.74) is 7.01. The highest BCUT2D eigenvalue weighted by Gasteiger charge is 2.39. The van der Waals surface area contributed by atoms with Crippen LogP contribution in [0.3, 0.4) is 0 Å². The Balaban J connectivity index is 2.30. The summed E-state index contributed by atoms with van der Waals surface area (Å²) < 4.78 is 10.4. The highest BCUT2D eigenvalue weighted by molar-refractivity contribution is 5.35. The van der Waals surface area contributed by atoms with Crippen LogP contribution >= 0.6 is 0 Å². The van der Waals surface area contributed by atoms with Crippen molar-refractivity contribution in [1.29, 1.82) is 0 Å². The molecule has 0 aliphatic carbocycles. The molecule has 1 aromatic carbocycles. The lowest BCUT2D eigenvalue weighted by atomic mass is 9.79. The summed E-state index contributed by atoms with van der Waals surface area (Å²) in [6, 6.07) is 8.05. The molecule has 1 saturated heterocycles. The minimum Gasteiger partial charge on any atom is -0.497 e. The summed E-state index contributed by atoms with van der Waals surface area (Å²) in [5, 5.41) is 0. The van der Waals surface area contributed by atoms with Crippen molar-refractivity contribution in [2.45, 2.75) is 5.41 Å². The van der Waals surface area contributed by atoms with E-state index in [1.807, 2.05) is 18.2 Å². The van der Waals surface area contributed by atoms with E-state index in [-0.39, 0.29) is 5.41 Å². The quantitative estimate of drug-likeness (QED) is 0.776. The van der Waals surface area contributed by atoms with Gasteiger partial charge in [-0.25, -0.2) is 0 Å². The van der Waals surface area contributed by atoms with Gasteiger partial charge in [-0.3, -0.25) is 0 Å². The summed E-state index contributed by atoms with van der Waals surface area (Å²) in [4.78, 5) is 0. The average molecular weight is 193 g/mol. The van der Waals surface area contributed by atoms with Gasteiger partial charge in [0.2, 0.25) is 0 Å². The molecule has 3 heteroatoms. The first-order valence-electron chi connectivity index (χ1n) is 4.73. The van der Waals surface area contributed by atoms with Gasteiger partial charge in [0.05, 0.1) is 25.7 Å². The minimum absolute atomic E-state index is 0.0224. The number of benzene rings is 1. The smallest absolute Gasteiger partial charge is 0.119 e. The number of ether oxygens (including phenoxy) is 2. The normalized spacial score (nSPS) is 18.7. The third kappa shape index (κ3) is 1.38. The van der Waals surface area contributed by atoms with E-state index < -0.39 is 0 Å². The zero-order valence-electron chi connectivity index (χ0n) is 8.32. The van der Waals surface area contributed by atoms with Crippen molar-refractivity contribution in [1.82, 2.24) is 0 Å². The second-order valence-corrected chi connectivity index (χ2v) is 3.71. The highest BCUT2D eigenvalue weighted by Crippen LogP contribution is 2.32. The molecule has 0 aromatic heterocycles. The minimum atomic E-state index is 0.0224. The standard InChI is InChI=1S/C11H15NO2/c1-13-10-4-2-3-9(5-10)11(6-12)7-14-8-11/h2-5H,6-8,12H2,1H3. The topological polar surface area (TPSA) is 44.5 Å². The van der Waals surface area contributed by atoms with Crippen molar-refractivity contribution in [2.75, 3.05) is 26.9 Å². The van der Waals surface area contributed by atoms with E-state index in [2.05, 4.69) is 6.07 Å². The number of methoxy groups -OCH3 is 1. The van der Waals surface area contributed by atoms with Crippen molar-refractivity contribution < 1.29 is 9.47 Å². The Morgan fingerprint density at radius 1 is 1.50 bits per heavy atom. The van der Waals surface area contributed by atoms with Crippen LogP contribution in [0, 0.1) is 0 Å². The molecule has 0 radical (unpaired) electrons. The molecule has 76 valence electrons. The first-order chi connectivity index (χ1) is 6.80. The van der Waals surface area contributed by atoms with Crippen molar-refractivity contribution in [3.8, 4) is 5.75 Å². The number of hydrogen-bond acceptors (Lipinski definition) is 3. The third-order valence-corrected chi connectivity index (χ3v) is 2.83. The van der Waals surface area contributed by atoms with Gasteiger partial charge in [-0.2, -0.15) is 0 Å². The predicted octanol–water partition coefficient (Wildman–Crippen LogP) is 0.922. The van der Waals surface area contributed by atoms with Gasteiger partial charge < -0.3 is 15.2 Å². The van der Waals surface area contributed by atoms with E-state index >= 15 is 0 Å². The Labute approximate surface area is 83.8 Å². The fourth-order valence-corrected chi connectivity index (χ4v) is 1.70. The molecule has 3 nitrogen and oxygen atoms in total. The lowest BCUT2D eigenvalue weighted by Crippen LogP contribution is -2.52. The van der Waals surface area contributed by atoms with Crippen LogP contribution < -0.4 is 10.5 Å². The predicted molar refractivity (Wildman–Crippen MR) is 54.5 cm³/mol. The van der Waals surface area contributed by atoms with Crippen LogP contribution in [0.4, 0.5) is 0 Å². The molecule has 0 bridgehead atoms. The Morgan fingerprint density at radius 2 is 2.29 bits per heavy atom. The van der Waals surface area contributed by atoms with Gasteiger partial charge in [0, 0.05) is 6.54 Å². The number of hydrogen-bond donors (Lipinski definition) is 1. The van der Waals surface area contributed by atoms with E-state index in [0.29, 0.717) is 6.54 Å². The zero-order chi connectivity index (χ0) is 10.0. The molecule has 0 saturated carbocycles. The largest absolute Gasteiger partial charge is 0.497 e. The van der Waals surface area contributed by atoms with Crippen LogP contribution in [-0.2, 0) is 10.2 Å². The molecular weight excluding hydrogens is 178 g/mol. The van der Waals surface area contributed by atoms with Crippen LogP contribution in [0.25, 0.3) is 0 Å². The molecule has 1 heterocycles.